The van der Waals surface area contributed by atoms with Crippen LogP contribution in [0.1, 0.15) is 41.8 Å². The molecule has 1 saturated heterocycles. The summed E-state index contributed by atoms with van der Waals surface area (Å²) in [6, 6.07) is 7.44. The third kappa shape index (κ3) is 4.93. The Balaban J connectivity index is 0.00000216. The minimum Gasteiger partial charge on any atom is -0.377 e. The summed E-state index contributed by atoms with van der Waals surface area (Å²) < 4.78 is 5.63. The number of carbonyl (C=O) groups is 2. The number of fused-ring (bicyclic) bond motifs is 1. The van der Waals surface area contributed by atoms with E-state index in [1.54, 1.807) is 0 Å². The number of anilines is 2. The number of carbonyl (C=O) groups excluding carboxylic acids is 2. The van der Waals surface area contributed by atoms with E-state index in [9.17, 15) is 9.59 Å². The highest BCUT2D eigenvalue weighted by Crippen LogP contribution is 2.34. The van der Waals surface area contributed by atoms with Crippen molar-refractivity contribution in [2.45, 2.75) is 46.8 Å². The number of ether oxygens (including phenoxy) is 1. The maximum atomic E-state index is 12.7. The van der Waals surface area contributed by atoms with Crippen molar-refractivity contribution in [3.63, 3.8) is 0 Å². The summed E-state index contributed by atoms with van der Waals surface area (Å²) in [4.78, 5) is 38.4. The largest absolute Gasteiger partial charge is 0.377 e. The number of urea groups is 1. The van der Waals surface area contributed by atoms with Gasteiger partial charge in [-0.05, 0) is 38.1 Å². The topological polar surface area (TPSA) is 99.7 Å². The summed E-state index contributed by atoms with van der Waals surface area (Å²) in [5.41, 5.74) is 3.47. The highest BCUT2D eigenvalue weighted by molar-refractivity contribution is 5.89. The third-order valence-corrected chi connectivity index (χ3v) is 5.94. The van der Waals surface area contributed by atoms with Gasteiger partial charge in [0.1, 0.15) is 5.82 Å². The van der Waals surface area contributed by atoms with Crippen molar-refractivity contribution in [1.82, 2.24) is 20.2 Å². The van der Waals surface area contributed by atoms with Crippen LogP contribution in [0.4, 0.5) is 16.3 Å². The molecule has 1 aromatic heterocycles. The van der Waals surface area contributed by atoms with Crippen molar-refractivity contribution in [3.05, 3.63) is 35.5 Å². The summed E-state index contributed by atoms with van der Waals surface area (Å²) in [6.45, 7) is 11.5. The first-order valence-electron chi connectivity index (χ1n) is 11.6. The maximum Gasteiger partial charge on any atom is 0.319 e. The summed E-state index contributed by atoms with van der Waals surface area (Å²) in [7, 11) is 0. The van der Waals surface area contributed by atoms with Crippen LogP contribution in [0.15, 0.2) is 24.3 Å². The van der Waals surface area contributed by atoms with E-state index in [-0.39, 0.29) is 26.8 Å². The number of aromatic nitrogens is 2. The second kappa shape index (κ2) is 9.74. The molecule has 33 heavy (non-hydrogen) atoms. The fourth-order valence-electron chi connectivity index (χ4n) is 4.21. The zero-order chi connectivity index (χ0) is 23.5. The van der Waals surface area contributed by atoms with E-state index < -0.39 is 0 Å². The van der Waals surface area contributed by atoms with E-state index in [1.807, 2.05) is 49.9 Å². The Kier molecular flexibility index (Phi) is 6.78. The zero-order valence-corrected chi connectivity index (χ0v) is 19.7. The quantitative estimate of drug-likeness (QED) is 0.714. The Morgan fingerprint density at radius 1 is 1.21 bits per heavy atom. The number of nitrogens with one attached hydrogen (secondary N) is 2. The van der Waals surface area contributed by atoms with Crippen LogP contribution in [0.3, 0.4) is 0 Å². The van der Waals surface area contributed by atoms with E-state index in [4.69, 9.17) is 14.7 Å². The smallest absolute Gasteiger partial charge is 0.319 e. The van der Waals surface area contributed by atoms with Gasteiger partial charge >= 0.3 is 6.03 Å². The number of amides is 3. The zero-order valence-electron chi connectivity index (χ0n) is 19.7. The van der Waals surface area contributed by atoms with Crippen molar-refractivity contribution in [3.8, 4) is 11.4 Å². The van der Waals surface area contributed by atoms with Gasteiger partial charge in [-0.15, -0.1) is 0 Å². The molecule has 0 aliphatic carbocycles. The molecular weight excluding hydrogens is 420 g/mol. The van der Waals surface area contributed by atoms with Crippen LogP contribution in [-0.4, -0.2) is 59.2 Å². The SMILES string of the molecule is CCNC(=O)Nc1ccc(-c2nc3c(c(N4CCOC[C@@H]4C)n2)CN(C(=O)C(C)C)C3)cc1.[HH].[HH]. The fourth-order valence-corrected chi connectivity index (χ4v) is 4.21. The van der Waals surface area contributed by atoms with E-state index in [0.717, 1.165) is 29.2 Å². The van der Waals surface area contributed by atoms with Gasteiger partial charge in [-0.3, -0.25) is 4.79 Å². The third-order valence-electron chi connectivity index (χ3n) is 5.94. The average Bonchev–Trinajstić information content (AvgIpc) is 3.23. The standard InChI is InChI=1S/C24H32N6O3.2H2/c1-5-25-24(32)26-18-8-6-17(7-9-18)21-27-20-13-29(23(31)15(2)3)12-19(20)22(28-21)30-10-11-33-14-16(30)4;;/h6-9,15-16H,5,10-14H2,1-4H3,(H2,25,26,32);2*1H/t16-;;/m0../s1. The Morgan fingerprint density at radius 3 is 2.64 bits per heavy atom. The molecule has 2 aromatic rings. The lowest BCUT2D eigenvalue weighted by Gasteiger charge is -2.35. The summed E-state index contributed by atoms with van der Waals surface area (Å²) in [5.74, 6) is 1.55. The molecule has 0 unspecified atom stereocenters. The average molecular weight is 457 g/mol. The molecule has 180 valence electrons. The molecule has 3 amide bonds. The molecule has 9 nitrogen and oxygen atoms in total. The molecule has 0 bridgehead atoms. The molecule has 1 atom stereocenters. The molecule has 4 rings (SSSR count). The van der Waals surface area contributed by atoms with Crippen molar-refractivity contribution < 1.29 is 17.2 Å². The Labute approximate surface area is 197 Å². The first-order chi connectivity index (χ1) is 15.9. The van der Waals surface area contributed by atoms with E-state index in [1.165, 1.54) is 0 Å². The summed E-state index contributed by atoms with van der Waals surface area (Å²) >= 11 is 0. The van der Waals surface area contributed by atoms with Crippen LogP contribution >= 0.6 is 0 Å². The summed E-state index contributed by atoms with van der Waals surface area (Å²) in [5, 5.41) is 5.52. The van der Waals surface area contributed by atoms with Gasteiger partial charge in [0.05, 0.1) is 38.0 Å². The van der Waals surface area contributed by atoms with Crippen molar-refractivity contribution in [2.75, 3.05) is 36.5 Å². The number of hydrogen-bond donors (Lipinski definition) is 2. The van der Waals surface area contributed by atoms with Crippen LogP contribution in [0.2, 0.25) is 0 Å². The highest BCUT2D eigenvalue weighted by atomic mass is 16.5. The van der Waals surface area contributed by atoms with Crippen LogP contribution in [0, 0.1) is 5.92 Å². The van der Waals surface area contributed by atoms with Gasteiger partial charge in [-0.25, -0.2) is 14.8 Å². The van der Waals surface area contributed by atoms with Crippen LogP contribution in [0.25, 0.3) is 11.4 Å². The Hall–Kier alpha value is -3.20. The monoisotopic (exact) mass is 456 g/mol. The van der Waals surface area contributed by atoms with Gasteiger partial charge < -0.3 is 25.2 Å². The predicted molar refractivity (Wildman–Crippen MR) is 131 cm³/mol. The van der Waals surface area contributed by atoms with Gasteiger partial charge in [0.2, 0.25) is 5.91 Å². The lowest BCUT2D eigenvalue weighted by atomic mass is 10.1. The van der Waals surface area contributed by atoms with Gasteiger partial charge in [0.15, 0.2) is 5.82 Å². The first kappa shape index (κ1) is 23.0. The number of morpholine rings is 1. The van der Waals surface area contributed by atoms with Crippen LogP contribution in [0.5, 0.6) is 0 Å². The molecule has 0 spiro atoms. The fraction of sp³-hybridized carbons (Fsp3) is 0.500. The molecule has 2 aliphatic heterocycles. The molecule has 9 heteroatoms. The lowest BCUT2D eigenvalue weighted by molar-refractivity contribution is -0.135. The summed E-state index contributed by atoms with van der Waals surface area (Å²) in [6.07, 6.45) is 0. The van der Waals surface area contributed by atoms with Crippen molar-refractivity contribution >= 4 is 23.4 Å². The minimum absolute atomic E-state index is 0. The molecule has 0 saturated carbocycles. The second-order valence-electron chi connectivity index (χ2n) is 8.82. The molecular formula is C24H36N6O3. The highest BCUT2D eigenvalue weighted by Gasteiger charge is 2.33. The van der Waals surface area contributed by atoms with E-state index >= 15 is 0 Å². The Morgan fingerprint density at radius 2 is 1.97 bits per heavy atom. The number of nitrogens with zero attached hydrogens (tertiary/aromatic N) is 4. The number of rotatable bonds is 5. The predicted octanol–water partition coefficient (Wildman–Crippen LogP) is 3.50. The Bertz CT molecular complexity index is 1030. The molecule has 0 radical (unpaired) electrons. The van der Waals surface area contributed by atoms with Gasteiger partial charge in [-0.2, -0.15) is 0 Å². The van der Waals surface area contributed by atoms with Crippen LogP contribution < -0.4 is 15.5 Å². The number of hydrogen-bond acceptors (Lipinski definition) is 6. The molecule has 1 aromatic carbocycles. The molecule has 3 heterocycles. The van der Waals surface area contributed by atoms with Crippen molar-refractivity contribution in [2.24, 2.45) is 5.92 Å². The van der Waals surface area contributed by atoms with Crippen molar-refractivity contribution in [1.29, 1.82) is 0 Å². The molecule has 2 aliphatic rings. The lowest BCUT2D eigenvalue weighted by Crippen LogP contribution is -2.44. The molecule has 1 fully saturated rings. The van der Waals surface area contributed by atoms with Gasteiger partial charge in [0.25, 0.3) is 0 Å². The first-order valence-corrected chi connectivity index (χ1v) is 11.6. The van der Waals surface area contributed by atoms with Crippen LogP contribution in [-0.2, 0) is 22.6 Å². The normalized spacial score (nSPS) is 17.8. The van der Waals surface area contributed by atoms with Gasteiger partial charge in [0, 0.05) is 38.7 Å². The van der Waals surface area contributed by atoms with Gasteiger partial charge in [-0.1, -0.05) is 13.8 Å². The van der Waals surface area contributed by atoms with E-state index in [0.29, 0.717) is 44.4 Å². The van der Waals surface area contributed by atoms with E-state index in [2.05, 4.69) is 22.5 Å². The maximum absolute atomic E-state index is 12.7. The minimum atomic E-state index is -0.238. The molecule has 2 N–H and O–H groups in total. The number of benzene rings is 1. The second-order valence-corrected chi connectivity index (χ2v) is 8.82.